The van der Waals surface area contributed by atoms with Crippen molar-refractivity contribution in [3.8, 4) is 0 Å². The van der Waals surface area contributed by atoms with Crippen molar-refractivity contribution in [3.05, 3.63) is 115 Å². The van der Waals surface area contributed by atoms with Gasteiger partial charge in [-0.25, -0.2) is 17.8 Å². The maximum absolute atomic E-state index is 13.8. The van der Waals surface area contributed by atoms with Crippen molar-refractivity contribution in [1.29, 1.82) is 0 Å². The van der Waals surface area contributed by atoms with Gasteiger partial charge in [-0.1, -0.05) is 72.8 Å². The summed E-state index contributed by atoms with van der Waals surface area (Å²) in [5.74, 6) is -1.11. The summed E-state index contributed by atoms with van der Waals surface area (Å²) in [6.07, 6.45) is 6.13. The molecule has 1 amide bonds. The van der Waals surface area contributed by atoms with E-state index in [0.717, 1.165) is 11.1 Å². The lowest BCUT2D eigenvalue weighted by Gasteiger charge is -2.36. The largest absolute Gasteiger partial charge is 0.451 e. The van der Waals surface area contributed by atoms with Gasteiger partial charge < -0.3 is 9.64 Å². The molecule has 2 aliphatic rings. The molecule has 2 aromatic carbocycles. The number of sulfone groups is 1. The SMILES string of the molecule is CC1(/C=C/C[n+]2ccccc2)C(C(=O)OC(c2ccccc2)c2ccccc2)N2C(=O)CC2S1(=O)=O. The monoisotopic (exact) mass is 503 g/mol. The standard InChI is InChI=1S/C28H27N2O5S/c1-28(16-11-19-29-17-9-4-10-18-29)26(30-23(31)20-24(30)36(28,33)34)27(32)35-25(21-12-5-2-6-13-21)22-14-7-3-8-15-22/h2-18,24-26H,19-20H2,1H3/q+1/b16-11+. The van der Waals surface area contributed by atoms with Gasteiger partial charge in [0.2, 0.25) is 5.91 Å². The van der Waals surface area contributed by atoms with Crippen LogP contribution in [0.15, 0.2) is 103 Å². The predicted octanol–water partition coefficient (Wildman–Crippen LogP) is 2.98. The molecule has 0 aliphatic carbocycles. The minimum absolute atomic E-state index is 0.121. The molecule has 7 nitrogen and oxygen atoms in total. The summed E-state index contributed by atoms with van der Waals surface area (Å²) in [7, 11) is -3.87. The van der Waals surface area contributed by atoms with Crippen LogP contribution in [-0.2, 0) is 30.7 Å². The van der Waals surface area contributed by atoms with Crippen LogP contribution in [0.2, 0.25) is 0 Å². The van der Waals surface area contributed by atoms with Crippen LogP contribution in [0.3, 0.4) is 0 Å². The van der Waals surface area contributed by atoms with Crippen LogP contribution < -0.4 is 4.57 Å². The van der Waals surface area contributed by atoms with Crippen LogP contribution in [0, 0.1) is 0 Å². The minimum atomic E-state index is -3.87. The summed E-state index contributed by atoms with van der Waals surface area (Å²) in [5, 5.41) is -1.02. The summed E-state index contributed by atoms with van der Waals surface area (Å²) in [5.41, 5.74) is 1.50. The van der Waals surface area contributed by atoms with E-state index < -0.39 is 38.1 Å². The third kappa shape index (κ3) is 4.01. The average molecular weight is 504 g/mol. The van der Waals surface area contributed by atoms with Gasteiger partial charge >= 0.3 is 5.97 Å². The van der Waals surface area contributed by atoms with Gasteiger partial charge in [0.15, 0.2) is 40.9 Å². The van der Waals surface area contributed by atoms with Crippen LogP contribution in [0.5, 0.6) is 0 Å². The lowest BCUT2D eigenvalue weighted by atomic mass is 9.95. The number of nitrogens with zero attached hydrogens (tertiary/aromatic N) is 2. The van der Waals surface area contributed by atoms with E-state index in [1.54, 1.807) is 12.2 Å². The highest BCUT2D eigenvalue weighted by atomic mass is 32.2. The van der Waals surface area contributed by atoms with Gasteiger partial charge in [-0.3, -0.25) is 4.79 Å². The third-order valence-electron chi connectivity index (χ3n) is 6.94. The fraction of sp³-hybridized carbons (Fsp3) is 0.250. The van der Waals surface area contributed by atoms with Crippen molar-refractivity contribution < 1.29 is 27.3 Å². The van der Waals surface area contributed by atoms with Gasteiger partial charge in [0.25, 0.3) is 0 Å². The number of β-lactam (4-membered cyclic amide) rings is 1. The van der Waals surface area contributed by atoms with Gasteiger partial charge in [-0.05, 0) is 24.1 Å². The second kappa shape index (κ2) is 9.35. The van der Waals surface area contributed by atoms with E-state index in [9.17, 15) is 18.0 Å². The fourth-order valence-electron chi connectivity index (χ4n) is 4.96. The number of aromatic nitrogens is 1. The van der Waals surface area contributed by atoms with E-state index in [2.05, 4.69) is 0 Å². The number of carbonyl (C=O) groups excluding carboxylic acids is 2. The van der Waals surface area contributed by atoms with Crippen molar-refractivity contribution in [1.82, 2.24) is 4.90 Å². The van der Waals surface area contributed by atoms with Crippen molar-refractivity contribution in [2.45, 2.75) is 42.2 Å². The third-order valence-corrected chi connectivity index (χ3v) is 9.64. The summed E-state index contributed by atoms with van der Waals surface area (Å²) < 4.78 is 33.4. The molecule has 3 heterocycles. The molecule has 1 aromatic heterocycles. The van der Waals surface area contributed by atoms with E-state index >= 15 is 0 Å². The van der Waals surface area contributed by atoms with Gasteiger partial charge in [0, 0.05) is 12.1 Å². The number of ether oxygens (including phenoxy) is 1. The number of fused-ring (bicyclic) bond motifs is 1. The number of rotatable bonds is 7. The lowest BCUT2D eigenvalue weighted by molar-refractivity contribution is -0.687. The molecule has 2 aliphatic heterocycles. The number of benzene rings is 2. The fourth-order valence-corrected chi connectivity index (χ4v) is 7.25. The Bertz CT molecular complexity index is 1350. The molecule has 2 fully saturated rings. The molecule has 0 spiro atoms. The first kappa shape index (κ1) is 23.9. The molecule has 2 saturated heterocycles. The highest BCUT2D eigenvalue weighted by molar-refractivity contribution is 7.94. The Kier molecular flexibility index (Phi) is 6.22. The Hall–Kier alpha value is -3.78. The first-order valence-electron chi connectivity index (χ1n) is 11.8. The van der Waals surface area contributed by atoms with Crippen LogP contribution in [-0.4, -0.2) is 41.4 Å². The van der Waals surface area contributed by atoms with Gasteiger partial charge in [-0.15, -0.1) is 0 Å². The molecule has 184 valence electrons. The van der Waals surface area contributed by atoms with Crippen molar-refractivity contribution in [3.63, 3.8) is 0 Å². The summed E-state index contributed by atoms with van der Waals surface area (Å²) in [4.78, 5) is 27.5. The molecule has 3 unspecified atom stereocenters. The second-order valence-electron chi connectivity index (χ2n) is 9.20. The number of hydrogen-bond acceptors (Lipinski definition) is 5. The predicted molar refractivity (Wildman–Crippen MR) is 133 cm³/mol. The Morgan fingerprint density at radius 2 is 1.58 bits per heavy atom. The molecular formula is C28H27N2O5S+. The van der Waals surface area contributed by atoms with Crippen molar-refractivity contribution >= 4 is 21.7 Å². The molecule has 8 heteroatoms. The highest BCUT2D eigenvalue weighted by Crippen LogP contribution is 2.47. The summed E-state index contributed by atoms with van der Waals surface area (Å²) in [6.45, 7) is 1.93. The Morgan fingerprint density at radius 3 is 2.14 bits per heavy atom. The van der Waals surface area contributed by atoms with Gasteiger partial charge in [0.05, 0.1) is 6.42 Å². The molecule has 3 aromatic rings. The van der Waals surface area contributed by atoms with E-state index in [0.29, 0.717) is 6.54 Å². The molecule has 5 rings (SSSR count). The maximum atomic E-state index is 13.8. The lowest BCUT2D eigenvalue weighted by Crippen LogP contribution is -2.57. The molecule has 0 radical (unpaired) electrons. The van der Waals surface area contributed by atoms with E-state index in [4.69, 9.17) is 4.74 Å². The minimum Gasteiger partial charge on any atom is -0.451 e. The molecule has 0 N–H and O–H groups in total. The number of pyridine rings is 1. The molecule has 0 saturated carbocycles. The zero-order valence-corrected chi connectivity index (χ0v) is 20.6. The first-order chi connectivity index (χ1) is 17.3. The van der Waals surface area contributed by atoms with Crippen molar-refractivity contribution in [2.24, 2.45) is 0 Å². The average Bonchev–Trinajstić information content (AvgIpc) is 3.03. The van der Waals surface area contributed by atoms with Crippen molar-refractivity contribution in [2.75, 3.05) is 0 Å². The first-order valence-corrected chi connectivity index (χ1v) is 13.3. The second-order valence-corrected chi connectivity index (χ2v) is 11.7. The Balaban J connectivity index is 1.49. The molecule has 0 bridgehead atoms. The number of esters is 1. The number of carbonyl (C=O) groups is 2. The van der Waals surface area contributed by atoms with Crippen LogP contribution in [0.1, 0.15) is 30.6 Å². The normalized spacial score (nSPS) is 24.5. The van der Waals surface area contributed by atoms with Gasteiger partial charge in [0.1, 0.15) is 10.1 Å². The van der Waals surface area contributed by atoms with Gasteiger partial charge in [-0.2, -0.15) is 0 Å². The Labute approximate surface area is 210 Å². The van der Waals surface area contributed by atoms with Crippen LogP contribution >= 0.6 is 0 Å². The van der Waals surface area contributed by atoms with Crippen LogP contribution in [0.4, 0.5) is 0 Å². The van der Waals surface area contributed by atoms with Crippen LogP contribution in [0.25, 0.3) is 0 Å². The highest BCUT2D eigenvalue weighted by Gasteiger charge is 2.69. The molecule has 36 heavy (non-hydrogen) atoms. The quantitative estimate of drug-likeness (QED) is 0.214. The smallest absolute Gasteiger partial charge is 0.331 e. The zero-order valence-electron chi connectivity index (χ0n) is 19.8. The van der Waals surface area contributed by atoms with E-state index in [1.165, 1.54) is 11.8 Å². The number of amides is 1. The summed E-state index contributed by atoms with van der Waals surface area (Å²) >= 11 is 0. The molecular weight excluding hydrogens is 476 g/mol. The van der Waals surface area contributed by atoms with E-state index in [-0.39, 0.29) is 12.3 Å². The maximum Gasteiger partial charge on any atom is 0.331 e. The summed E-state index contributed by atoms with van der Waals surface area (Å²) in [6, 6.07) is 22.9. The zero-order chi connectivity index (χ0) is 25.3. The topological polar surface area (TPSA) is 84.6 Å². The van der Waals surface area contributed by atoms with E-state index in [1.807, 2.05) is 95.8 Å². The molecule has 3 atom stereocenters. The Morgan fingerprint density at radius 1 is 1.03 bits per heavy atom. The number of allylic oxidation sites excluding steroid dienone is 1. The number of hydrogen-bond donors (Lipinski definition) is 0.